The smallest absolute Gasteiger partial charge is 0.406 e. The summed E-state index contributed by atoms with van der Waals surface area (Å²) in [7, 11) is 0. The van der Waals surface area contributed by atoms with Gasteiger partial charge in [-0.05, 0) is 79.8 Å². The van der Waals surface area contributed by atoms with E-state index in [4.69, 9.17) is 0 Å². The highest BCUT2D eigenvalue weighted by Gasteiger charge is 2.30. The van der Waals surface area contributed by atoms with Crippen molar-refractivity contribution < 1.29 is 17.9 Å². The number of hydrogen-bond donors (Lipinski definition) is 0. The molecule has 0 spiro atoms. The summed E-state index contributed by atoms with van der Waals surface area (Å²) in [6.07, 6.45) is 4.51. The maximum Gasteiger partial charge on any atom is 0.573 e. The van der Waals surface area contributed by atoms with E-state index in [1.807, 2.05) is 30.3 Å². The normalized spacial score (nSPS) is 19.1. The predicted octanol–water partition coefficient (Wildman–Crippen LogP) is 7.38. The molecule has 0 N–H and O–H groups in total. The first-order valence-electron chi connectivity index (χ1n) is 10.0. The lowest BCUT2D eigenvalue weighted by molar-refractivity contribution is -0.274. The second kappa shape index (κ2) is 9.69. The van der Waals surface area contributed by atoms with Crippen molar-refractivity contribution in [3.63, 3.8) is 0 Å². The molecule has 1 aliphatic carbocycles. The molecule has 152 valence electrons. The van der Waals surface area contributed by atoms with Crippen LogP contribution in [0.5, 0.6) is 5.75 Å². The van der Waals surface area contributed by atoms with Gasteiger partial charge in [-0.2, -0.15) is 0 Å². The minimum atomic E-state index is -4.67. The van der Waals surface area contributed by atoms with Crippen LogP contribution in [0.4, 0.5) is 13.2 Å². The number of benzene rings is 2. The van der Waals surface area contributed by atoms with Crippen LogP contribution in [0.25, 0.3) is 11.1 Å². The van der Waals surface area contributed by atoms with E-state index >= 15 is 0 Å². The summed E-state index contributed by atoms with van der Waals surface area (Å²) >= 11 is 0. The zero-order chi connectivity index (χ0) is 20.7. The van der Waals surface area contributed by atoms with Gasteiger partial charge in [0.15, 0.2) is 0 Å². The fourth-order valence-electron chi connectivity index (χ4n) is 3.73. The second-order valence-corrected chi connectivity index (χ2v) is 7.50. The summed E-state index contributed by atoms with van der Waals surface area (Å²) in [4.78, 5) is 0. The molecule has 2 aromatic rings. The monoisotopic (exact) mass is 398 g/mol. The summed E-state index contributed by atoms with van der Waals surface area (Å²) in [6.45, 7) is 3.80. The van der Waals surface area contributed by atoms with E-state index in [1.54, 1.807) is 12.1 Å². The molecule has 1 saturated carbocycles. The number of halogens is 3. The summed E-state index contributed by atoms with van der Waals surface area (Å²) in [6, 6.07) is 13.7. The number of rotatable bonds is 5. The molecule has 0 aliphatic heterocycles. The molecule has 0 bridgehead atoms. The molecule has 1 nitrogen and oxygen atoms in total. The molecule has 0 radical (unpaired) electrons. The van der Waals surface area contributed by atoms with Crippen molar-refractivity contribution in [3.05, 3.63) is 66.7 Å². The van der Waals surface area contributed by atoms with E-state index in [0.29, 0.717) is 5.92 Å². The van der Waals surface area contributed by atoms with Crippen molar-refractivity contribution in [2.45, 2.75) is 44.9 Å². The fourth-order valence-corrected chi connectivity index (χ4v) is 3.73. The zero-order valence-corrected chi connectivity index (χ0v) is 16.3. The van der Waals surface area contributed by atoms with E-state index in [-0.39, 0.29) is 5.75 Å². The van der Waals surface area contributed by atoms with Crippen molar-refractivity contribution in [3.8, 4) is 28.7 Å². The Labute approximate surface area is 170 Å². The van der Waals surface area contributed by atoms with E-state index in [9.17, 15) is 13.2 Å². The standard InChI is InChI=1S/C25H25F3O/c1-2-3-4-19-5-7-20(8-6-19)9-10-21-11-13-22(14-12-21)23-15-17-24(18-16-23)29-25(26,27)28/h2,11-20H,1,3-8H2/t19-,20-. The molecule has 1 fully saturated rings. The van der Waals surface area contributed by atoms with Crippen LogP contribution in [-0.4, -0.2) is 6.36 Å². The second-order valence-electron chi connectivity index (χ2n) is 7.50. The van der Waals surface area contributed by atoms with Gasteiger partial charge in [-0.25, -0.2) is 0 Å². The van der Waals surface area contributed by atoms with Crippen LogP contribution in [0, 0.1) is 23.7 Å². The van der Waals surface area contributed by atoms with E-state index in [1.165, 1.54) is 44.2 Å². The summed E-state index contributed by atoms with van der Waals surface area (Å²) in [5.74, 6) is 7.75. The molecule has 29 heavy (non-hydrogen) atoms. The van der Waals surface area contributed by atoms with Crippen molar-refractivity contribution in [1.82, 2.24) is 0 Å². The third-order valence-electron chi connectivity index (χ3n) is 5.35. The Hall–Kier alpha value is -2.67. The van der Waals surface area contributed by atoms with Crippen molar-refractivity contribution in [1.29, 1.82) is 0 Å². The molecule has 4 heteroatoms. The lowest BCUT2D eigenvalue weighted by Gasteiger charge is -2.25. The average Bonchev–Trinajstić information content (AvgIpc) is 2.71. The van der Waals surface area contributed by atoms with Crippen LogP contribution >= 0.6 is 0 Å². The van der Waals surface area contributed by atoms with E-state index in [2.05, 4.69) is 23.2 Å². The first kappa shape index (κ1) is 21.0. The topological polar surface area (TPSA) is 9.23 Å². The molecule has 2 aromatic carbocycles. The first-order valence-corrected chi connectivity index (χ1v) is 10.0. The van der Waals surface area contributed by atoms with Crippen LogP contribution in [0.3, 0.4) is 0 Å². The zero-order valence-electron chi connectivity index (χ0n) is 16.3. The quantitative estimate of drug-likeness (QED) is 0.377. The summed E-state index contributed by atoms with van der Waals surface area (Å²) < 4.78 is 40.6. The SMILES string of the molecule is C=CCC[C@H]1CC[C@H](C#Cc2ccc(-c3ccc(OC(F)(F)F)cc3)cc2)CC1. The van der Waals surface area contributed by atoms with Crippen molar-refractivity contribution in [2.75, 3.05) is 0 Å². The van der Waals surface area contributed by atoms with Crippen LogP contribution in [-0.2, 0) is 0 Å². The van der Waals surface area contributed by atoms with Gasteiger partial charge in [0.05, 0.1) is 0 Å². The van der Waals surface area contributed by atoms with Crippen LogP contribution in [0.15, 0.2) is 61.2 Å². The van der Waals surface area contributed by atoms with Gasteiger partial charge in [0.1, 0.15) is 5.75 Å². The maximum absolute atomic E-state index is 12.2. The molecule has 3 rings (SSSR count). The Kier molecular flexibility index (Phi) is 7.04. The van der Waals surface area contributed by atoms with Gasteiger partial charge in [0, 0.05) is 11.5 Å². The molecule has 0 aromatic heterocycles. The first-order chi connectivity index (χ1) is 13.9. The Balaban J connectivity index is 1.56. The third kappa shape index (κ3) is 6.71. The van der Waals surface area contributed by atoms with Gasteiger partial charge in [-0.15, -0.1) is 19.8 Å². The predicted molar refractivity (Wildman–Crippen MR) is 110 cm³/mol. The van der Waals surface area contributed by atoms with Crippen molar-refractivity contribution in [2.24, 2.45) is 11.8 Å². The number of ether oxygens (including phenoxy) is 1. The number of hydrogen-bond acceptors (Lipinski definition) is 1. The minimum Gasteiger partial charge on any atom is -0.406 e. The van der Waals surface area contributed by atoms with Gasteiger partial charge in [-0.1, -0.05) is 42.2 Å². The highest BCUT2D eigenvalue weighted by Crippen LogP contribution is 2.31. The van der Waals surface area contributed by atoms with Gasteiger partial charge >= 0.3 is 6.36 Å². The molecule has 0 amide bonds. The lowest BCUT2D eigenvalue weighted by atomic mass is 9.80. The van der Waals surface area contributed by atoms with Crippen LogP contribution < -0.4 is 4.74 Å². The summed E-state index contributed by atoms with van der Waals surface area (Å²) in [5.41, 5.74) is 2.72. The highest BCUT2D eigenvalue weighted by atomic mass is 19.4. The molecule has 0 saturated heterocycles. The van der Waals surface area contributed by atoms with Gasteiger partial charge in [-0.3, -0.25) is 0 Å². The summed E-state index contributed by atoms with van der Waals surface area (Å²) in [5, 5.41) is 0. The lowest BCUT2D eigenvalue weighted by Crippen LogP contribution is -2.16. The molecule has 0 atom stereocenters. The van der Waals surface area contributed by atoms with Gasteiger partial charge in [0.25, 0.3) is 0 Å². The average molecular weight is 398 g/mol. The third-order valence-corrected chi connectivity index (χ3v) is 5.35. The van der Waals surface area contributed by atoms with Crippen LogP contribution in [0.1, 0.15) is 44.1 Å². The highest BCUT2D eigenvalue weighted by molar-refractivity contribution is 5.65. The molecular weight excluding hydrogens is 373 g/mol. The Morgan fingerprint density at radius 3 is 2.07 bits per heavy atom. The van der Waals surface area contributed by atoms with E-state index < -0.39 is 6.36 Å². The largest absolute Gasteiger partial charge is 0.573 e. The van der Waals surface area contributed by atoms with Crippen molar-refractivity contribution >= 4 is 0 Å². The minimum absolute atomic E-state index is 0.219. The number of allylic oxidation sites excluding steroid dienone is 1. The molecule has 1 aliphatic rings. The number of alkyl halides is 3. The Bertz CT molecular complexity index is 846. The molecule has 0 unspecified atom stereocenters. The molecule has 0 heterocycles. The Morgan fingerprint density at radius 2 is 1.52 bits per heavy atom. The fraction of sp³-hybridized carbons (Fsp3) is 0.360. The Morgan fingerprint density at radius 1 is 0.931 bits per heavy atom. The van der Waals surface area contributed by atoms with Gasteiger partial charge in [0.2, 0.25) is 0 Å². The van der Waals surface area contributed by atoms with Gasteiger partial charge < -0.3 is 4.74 Å². The maximum atomic E-state index is 12.2. The van der Waals surface area contributed by atoms with Crippen LogP contribution in [0.2, 0.25) is 0 Å². The molecular formula is C25H25F3O. The van der Waals surface area contributed by atoms with E-state index in [0.717, 1.165) is 29.0 Å².